The summed E-state index contributed by atoms with van der Waals surface area (Å²) in [5.74, 6) is -6.19. The Labute approximate surface area is 243 Å². The Balaban J connectivity index is 1.51. The molecular formula is C33H32N2O7. The Morgan fingerprint density at radius 2 is 1.76 bits per heavy atom. The SMILES string of the molecule is C=CCc1cccc([C@H]2C3=CC[C@@H]4C(=O)N(CCC(=O)O)C(=O)[C@@H]4[C@@H]3C[C@H]3C(=O)N(c4ccccc4)C(=O)[C@@]23C)c1O. The number of rotatable bonds is 7. The molecule has 2 N–H and O–H groups in total. The van der Waals surface area contributed by atoms with Crippen molar-refractivity contribution < 1.29 is 34.2 Å². The number of carbonyl (C=O) groups excluding carboxylic acids is 4. The molecule has 0 spiro atoms. The lowest BCUT2D eigenvalue weighted by molar-refractivity contribution is -0.142. The van der Waals surface area contributed by atoms with Crippen LogP contribution in [-0.4, -0.2) is 51.3 Å². The maximum Gasteiger partial charge on any atom is 0.305 e. The number of allylic oxidation sites excluding steroid dienone is 3. The van der Waals surface area contributed by atoms with Crippen molar-refractivity contribution in [3.8, 4) is 5.75 Å². The number of carboxylic acid groups (broad SMARTS) is 1. The van der Waals surface area contributed by atoms with Gasteiger partial charge in [0.1, 0.15) is 5.75 Å². The van der Waals surface area contributed by atoms with Crippen molar-refractivity contribution in [1.29, 1.82) is 0 Å². The van der Waals surface area contributed by atoms with Gasteiger partial charge in [-0.05, 0) is 49.8 Å². The van der Waals surface area contributed by atoms with Crippen LogP contribution in [-0.2, 0) is 30.4 Å². The van der Waals surface area contributed by atoms with Gasteiger partial charge in [0, 0.05) is 18.0 Å². The van der Waals surface area contributed by atoms with Gasteiger partial charge in [-0.1, -0.05) is 54.1 Å². The Bertz CT molecular complexity index is 1560. The molecule has 216 valence electrons. The van der Waals surface area contributed by atoms with Gasteiger partial charge >= 0.3 is 5.97 Å². The van der Waals surface area contributed by atoms with Crippen LogP contribution in [0.4, 0.5) is 5.69 Å². The van der Waals surface area contributed by atoms with Crippen molar-refractivity contribution in [3.05, 3.63) is 84.0 Å². The van der Waals surface area contributed by atoms with Crippen LogP contribution in [0.15, 0.2) is 72.8 Å². The number of phenols is 1. The van der Waals surface area contributed by atoms with Crippen LogP contribution in [0.3, 0.4) is 0 Å². The van der Waals surface area contributed by atoms with Crippen molar-refractivity contribution >= 4 is 35.3 Å². The second kappa shape index (κ2) is 10.1. The molecule has 6 atom stereocenters. The number of carboxylic acids is 1. The predicted octanol–water partition coefficient (Wildman–Crippen LogP) is 3.83. The Kier molecular flexibility index (Phi) is 6.63. The minimum atomic E-state index is -1.26. The lowest BCUT2D eigenvalue weighted by Gasteiger charge is -2.49. The molecule has 42 heavy (non-hydrogen) atoms. The normalized spacial score (nSPS) is 30.1. The van der Waals surface area contributed by atoms with Gasteiger partial charge in [-0.15, -0.1) is 6.58 Å². The van der Waals surface area contributed by atoms with Gasteiger partial charge in [0.2, 0.25) is 23.6 Å². The first-order valence-corrected chi connectivity index (χ1v) is 14.2. The van der Waals surface area contributed by atoms with Gasteiger partial charge in [0.25, 0.3) is 0 Å². The number of fused-ring (bicyclic) bond motifs is 4. The summed E-state index contributed by atoms with van der Waals surface area (Å²) in [6.45, 7) is 5.34. The molecule has 0 bridgehead atoms. The summed E-state index contributed by atoms with van der Waals surface area (Å²) in [5.41, 5.74) is 1.07. The molecule has 0 radical (unpaired) electrons. The monoisotopic (exact) mass is 568 g/mol. The zero-order valence-electron chi connectivity index (χ0n) is 23.2. The van der Waals surface area contributed by atoms with E-state index in [4.69, 9.17) is 0 Å². The minimum absolute atomic E-state index is 0.0152. The summed E-state index contributed by atoms with van der Waals surface area (Å²) in [4.78, 5) is 69.1. The fraction of sp³-hybridized carbons (Fsp3) is 0.364. The standard InChI is InChI=1S/C33H32N2O7/c1-3-8-18-9-7-12-22(28(18)38)27-20-13-14-21-26(31(41)34(29(21)39)16-15-25(36)37)23(20)17-24-30(40)35(32(42)33(24,27)2)19-10-5-4-6-11-19/h3-7,9-13,21,23-24,26-27,38H,1,8,14-17H2,2H3,(H,36,37)/t21-,23+,24-,26-,27+,33+/m0/s1. The zero-order chi connectivity index (χ0) is 29.9. The zero-order valence-corrected chi connectivity index (χ0v) is 23.2. The van der Waals surface area contributed by atoms with Gasteiger partial charge in [0.15, 0.2) is 0 Å². The molecule has 1 saturated carbocycles. The molecular weight excluding hydrogens is 536 g/mol. The number of imide groups is 2. The number of benzene rings is 2. The predicted molar refractivity (Wildman–Crippen MR) is 152 cm³/mol. The number of aromatic hydroxyl groups is 1. The lowest BCUT2D eigenvalue weighted by Crippen LogP contribution is -2.49. The van der Waals surface area contributed by atoms with E-state index in [0.717, 1.165) is 10.5 Å². The van der Waals surface area contributed by atoms with E-state index in [2.05, 4.69) is 6.58 Å². The number of phenolic OH excluding ortho intramolecular Hbond substituents is 1. The summed E-state index contributed by atoms with van der Waals surface area (Å²) >= 11 is 0. The number of likely N-dealkylation sites (tertiary alicyclic amines) is 1. The topological polar surface area (TPSA) is 132 Å². The van der Waals surface area contributed by atoms with E-state index >= 15 is 0 Å². The van der Waals surface area contributed by atoms with Crippen LogP contribution in [0.1, 0.15) is 43.2 Å². The average molecular weight is 569 g/mol. The van der Waals surface area contributed by atoms with E-state index in [9.17, 15) is 34.2 Å². The first-order chi connectivity index (χ1) is 20.1. The fourth-order valence-electron chi connectivity index (χ4n) is 7.84. The number of anilines is 1. The molecule has 3 fully saturated rings. The number of para-hydroxylation sites is 2. The lowest BCUT2D eigenvalue weighted by atomic mass is 9.51. The molecule has 0 unspecified atom stereocenters. The maximum atomic E-state index is 14.4. The summed E-state index contributed by atoms with van der Waals surface area (Å²) < 4.78 is 0. The van der Waals surface area contributed by atoms with Crippen molar-refractivity contribution in [2.75, 3.05) is 11.4 Å². The molecule has 2 aromatic carbocycles. The third kappa shape index (κ3) is 3.86. The first-order valence-electron chi connectivity index (χ1n) is 14.2. The molecule has 9 heteroatoms. The van der Waals surface area contributed by atoms with Crippen molar-refractivity contribution in [1.82, 2.24) is 4.90 Å². The maximum absolute atomic E-state index is 14.4. The average Bonchev–Trinajstić information content (AvgIpc) is 3.33. The van der Waals surface area contributed by atoms with E-state index in [0.29, 0.717) is 23.2 Å². The third-order valence-corrected chi connectivity index (χ3v) is 9.76. The van der Waals surface area contributed by atoms with Gasteiger partial charge in [0.05, 0.1) is 35.3 Å². The number of hydrogen-bond acceptors (Lipinski definition) is 6. The van der Waals surface area contributed by atoms with E-state index in [1.54, 1.807) is 61.5 Å². The molecule has 2 aliphatic carbocycles. The summed E-state index contributed by atoms with van der Waals surface area (Å²) in [6, 6.07) is 14.1. The van der Waals surface area contributed by atoms with Crippen LogP contribution in [0.25, 0.3) is 0 Å². The smallest absolute Gasteiger partial charge is 0.305 e. The summed E-state index contributed by atoms with van der Waals surface area (Å²) in [6.07, 6.45) is 4.06. The quantitative estimate of drug-likeness (QED) is 0.383. The molecule has 0 aromatic heterocycles. The number of hydrogen-bond donors (Lipinski definition) is 2. The Hall–Kier alpha value is -4.53. The first kappa shape index (κ1) is 27.6. The van der Waals surface area contributed by atoms with Gasteiger partial charge in [-0.25, -0.2) is 4.90 Å². The molecule has 9 nitrogen and oxygen atoms in total. The molecule has 4 aliphatic rings. The number of nitrogens with zero attached hydrogens (tertiary/aromatic N) is 2. The second-order valence-electron chi connectivity index (χ2n) is 11.8. The molecule has 2 aromatic rings. The van der Waals surface area contributed by atoms with Gasteiger partial charge in [-0.2, -0.15) is 0 Å². The van der Waals surface area contributed by atoms with E-state index < -0.39 is 52.8 Å². The summed E-state index contributed by atoms with van der Waals surface area (Å²) in [5, 5.41) is 20.7. The van der Waals surface area contributed by atoms with Crippen molar-refractivity contribution in [2.45, 2.75) is 38.5 Å². The van der Waals surface area contributed by atoms with Crippen LogP contribution in [0.5, 0.6) is 5.75 Å². The number of aliphatic carboxylic acids is 1. The van der Waals surface area contributed by atoms with Crippen LogP contribution >= 0.6 is 0 Å². The fourth-order valence-corrected chi connectivity index (χ4v) is 7.84. The number of carbonyl (C=O) groups is 5. The van der Waals surface area contributed by atoms with E-state index in [-0.39, 0.29) is 43.4 Å². The third-order valence-electron chi connectivity index (χ3n) is 9.76. The van der Waals surface area contributed by atoms with Crippen molar-refractivity contribution in [2.24, 2.45) is 29.1 Å². The molecule has 6 rings (SSSR count). The molecule has 2 heterocycles. The van der Waals surface area contributed by atoms with Gasteiger partial charge < -0.3 is 10.2 Å². The van der Waals surface area contributed by atoms with Gasteiger partial charge in [-0.3, -0.25) is 28.9 Å². The Morgan fingerprint density at radius 3 is 2.45 bits per heavy atom. The van der Waals surface area contributed by atoms with Crippen LogP contribution in [0.2, 0.25) is 0 Å². The molecule has 4 amide bonds. The van der Waals surface area contributed by atoms with Crippen molar-refractivity contribution in [3.63, 3.8) is 0 Å². The highest BCUT2D eigenvalue weighted by atomic mass is 16.4. The minimum Gasteiger partial charge on any atom is -0.507 e. The van der Waals surface area contributed by atoms with Crippen LogP contribution < -0.4 is 4.90 Å². The largest absolute Gasteiger partial charge is 0.507 e. The highest BCUT2D eigenvalue weighted by Gasteiger charge is 2.67. The highest BCUT2D eigenvalue weighted by molar-refractivity contribution is 6.24. The van der Waals surface area contributed by atoms with Crippen LogP contribution in [0, 0.1) is 29.1 Å². The van der Waals surface area contributed by atoms with E-state index in [1.165, 1.54) is 4.90 Å². The second-order valence-corrected chi connectivity index (χ2v) is 11.8. The molecule has 2 saturated heterocycles. The number of amides is 4. The molecule has 2 aliphatic heterocycles. The Morgan fingerprint density at radius 1 is 1.02 bits per heavy atom. The van der Waals surface area contributed by atoms with E-state index in [1.807, 2.05) is 6.08 Å². The summed E-state index contributed by atoms with van der Waals surface area (Å²) in [7, 11) is 0. The highest BCUT2D eigenvalue weighted by Crippen LogP contribution is 2.64.